The highest BCUT2D eigenvalue weighted by Crippen LogP contribution is 2.32. The van der Waals surface area contributed by atoms with Crippen molar-refractivity contribution in [1.29, 1.82) is 5.26 Å². The maximum atomic E-state index is 11.8. The minimum absolute atomic E-state index is 0.149. The topological polar surface area (TPSA) is 61.2 Å². The molecule has 0 spiro atoms. The van der Waals surface area contributed by atoms with Crippen LogP contribution in [-0.4, -0.2) is 39.2 Å². The molecule has 21 heavy (non-hydrogen) atoms. The van der Waals surface area contributed by atoms with Gasteiger partial charge in [0.1, 0.15) is 6.07 Å². The lowest BCUT2D eigenvalue weighted by atomic mass is 9.87. The summed E-state index contributed by atoms with van der Waals surface area (Å²) in [5.74, 6) is 0.252. The van der Waals surface area contributed by atoms with Gasteiger partial charge in [0, 0.05) is 12.8 Å². The van der Waals surface area contributed by atoms with Crippen molar-refractivity contribution in [3.8, 4) is 6.07 Å². The summed E-state index contributed by atoms with van der Waals surface area (Å²) in [6, 6.07) is 7.24. The van der Waals surface area contributed by atoms with E-state index in [2.05, 4.69) is 17.5 Å². The van der Waals surface area contributed by atoms with Gasteiger partial charge in [-0.25, -0.2) is 8.42 Å². The third-order valence-electron chi connectivity index (χ3n) is 3.98. The highest BCUT2D eigenvalue weighted by atomic mass is 32.2. The second-order valence-corrected chi connectivity index (χ2v) is 7.45. The van der Waals surface area contributed by atoms with Crippen molar-refractivity contribution >= 4 is 9.84 Å². The molecule has 0 N–H and O–H groups in total. The van der Waals surface area contributed by atoms with Crippen LogP contribution >= 0.6 is 0 Å². The van der Waals surface area contributed by atoms with Gasteiger partial charge >= 0.3 is 0 Å². The molecule has 0 unspecified atom stereocenters. The van der Waals surface area contributed by atoms with E-state index in [0.717, 1.165) is 44.3 Å². The molecule has 1 aliphatic rings. The molecule has 0 bridgehead atoms. The summed E-state index contributed by atoms with van der Waals surface area (Å²) in [6.45, 7) is 6.52. The van der Waals surface area contributed by atoms with Crippen LogP contribution in [0.1, 0.15) is 29.9 Å². The number of nitriles is 1. The van der Waals surface area contributed by atoms with Crippen molar-refractivity contribution in [2.75, 3.05) is 25.9 Å². The second-order valence-electron chi connectivity index (χ2n) is 5.47. The van der Waals surface area contributed by atoms with Gasteiger partial charge in [-0.15, -0.1) is 6.58 Å². The molecule has 0 amide bonds. The molecule has 1 aromatic rings. The van der Waals surface area contributed by atoms with E-state index in [1.807, 2.05) is 12.1 Å². The molecule has 0 atom stereocenters. The van der Waals surface area contributed by atoms with E-state index >= 15 is 0 Å². The summed E-state index contributed by atoms with van der Waals surface area (Å²) in [6.07, 6.45) is 4.93. The van der Waals surface area contributed by atoms with Crippen LogP contribution in [0.25, 0.3) is 0 Å². The van der Waals surface area contributed by atoms with E-state index < -0.39 is 9.84 Å². The SMILES string of the molecule is C=CCN1CCC(c2cccc(S(C)(=O)=O)c2C#N)CC1. The molecule has 1 fully saturated rings. The predicted molar refractivity (Wildman–Crippen MR) is 82.9 cm³/mol. The first-order chi connectivity index (χ1) is 9.97. The van der Waals surface area contributed by atoms with Crippen molar-refractivity contribution in [1.82, 2.24) is 4.90 Å². The van der Waals surface area contributed by atoms with Gasteiger partial charge in [-0.2, -0.15) is 5.26 Å². The Hall–Kier alpha value is -1.64. The number of nitrogens with zero attached hydrogens (tertiary/aromatic N) is 2. The summed E-state index contributed by atoms with van der Waals surface area (Å²) in [5, 5.41) is 9.39. The highest BCUT2D eigenvalue weighted by molar-refractivity contribution is 7.90. The van der Waals surface area contributed by atoms with Crippen molar-refractivity contribution < 1.29 is 8.42 Å². The first-order valence-electron chi connectivity index (χ1n) is 7.03. The van der Waals surface area contributed by atoms with Gasteiger partial charge in [0.25, 0.3) is 0 Å². The number of likely N-dealkylation sites (tertiary alicyclic amines) is 1. The molecule has 4 nitrogen and oxygen atoms in total. The minimum Gasteiger partial charge on any atom is -0.300 e. The molecular weight excluding hydrogens is 284 g/mol. The number of hydrogen-bond donors (Lipinski definition) is 0. The molecule has 1 saturated heterocycles. The van der Waals surface area contributed by atoms with Crippen LogP contribution in [0.4, 0.5) is 0 Å². The van der Waals surface area contributed by atoms with Crippen LogP contribution in [-0.2, 0) is 9.84 Å². The van der Waals surface area contributed by atoms with Crippen LogP contribution in [0.3, 0.4) is 0 Å². The van der Waals surface area contributed by atoms with E-state index in [-0.39, 0.29) is 10.8 Å². The quantitative estimate of drug-likeness (QED) is 0.801. The number of benzene rings is 1. The molecule has 0 saturated carbocycles. The zero-order valence-corrected chi connectivity index (χ0v) is 13.1. The molecule has 1 aliphatic heterocycles. The van der Waals surface area contributed by atoms with Gasteiger partial charge in [0.15, 0.2) is 9.84 Å². The fourth-order valence-electron chi connectivity index (χ4n) is 2.93. The summed E-state index contributed by atoms with van der Waals surface area (Å²) in [7, 11) is -3.37. The molecule has 5 heteroatoms. The minimum atomic E-state index is -3.37. The largest absolute Gasteiger partial charge is 0.300 e. The van der Waals surface area contributed by atoms with Crippen LogP contribution < -0.4 is 0 Å². The second kappa shape index (κ2) is 6.42. The Bertz CT molecular complexity index is 666. The van der Waals surface area contributed by atoms with Crippen LogP contribution in [0.2, 0.25) is 0 Å². The van der Waals surface area contributed by atoms with E-state index in [9.17, 15) is 13.7 Å². The molecule has 0 radical (unpaired) electrons. The molecule has 0 aromatic heterocycles. The van der Waals surface area contributed by atoms with Crippen LogP contribution in [0.15, 0.2) is 35.7 Å². The predicted octanol–water partition coefficient (Wildman–Crippen LogP) is 2.33. The third-order valence-corrected chi connectivity index (χ3v) is 5.12. The fraction of sp³-hybridized carbons (Fsp3) is 0.438. The molecule has 1 aromatic carbocycles. The lowest BCUT2D eigenvalue weighted by Crippen LogP contribution is -2.33. The number of hydrogen-bond acceptors (Lipinski definition) is 4. The summed E-state index contributed by atoms with van der Waals surface area (Å²) >= 11 is 0. The Labute approximate surface area is 126 Å². The molecule has 112 valence electrons. The van der Waals surface area contributed by atoms with Gasteiger partial charge in [-0.05, 0) is 43.5 Å². The van der Waals surface area contributed by atoms with Gasteiger partial charge in [-0.1, -0.05) is 18.2 Å². The summed E-state index contributed by atoms with van der Waals surface area (Å²) < 4.78 is 23.6. The van der Waals surface area contributed by atoms with Crippen LogP contribution in [0.5, 0.6) is 0 Å². The lowest BCUT2D eigenvalue weighted by molar-refractivity contribution is 0.232. The first-order valence-corrected chi connectivity index (χ1v) is 8.93. The zero-order valence-electron chi connectivity index (χ0n) is 12.2. The number of rotatable bonds is 4. The standard InChI is InChI=1S/C16H20N2O2S/c1-3-9-18-10-7-13(8-11-18)14-5-4-6-16(15(14)12-17)21(2,19)20/h3-6,13H,1,7-11H2,2H3. The Kier molecular flexibility index (Phi) is 4.81. The Morgan fingerprint density at radius 3 is 2.62 bits per heavy atom. The zero-order chi connectivity index (χ0) is 15.5. The average molecular weight is 304 g/mol. The smallest absolute Gasteiger partial charge is 0.176 e. The van der Waals surface area contributed by atoms with Crippen molar-refractivity contribution in [3.63, 3.8) is 0 Å². The lowest BCUT2D eigenvalue weighted by Gasteiger charge is -2.31. The number of sulfone groups is 1. The Morgan fingerprint density at radius 2 is 2.10 bits per heavy atom. The molecule has 1 heterocycles. The van der Waals surface area contributed by atoms with E-state index in [4.69, 9.17) is 0 Å². The average Bonchev–Trinajstić information content (AvgIpc) is 2.46. The Morgan fingerprint density at radius 1 is 1.43 bits per heavy atom. The van der Waals surface area contributed by atoms with E-state index in [1.54, 1.807) is 6.07 Å². The maximum absolute atomic E-state index is 11.8. The number of piperidine rings is 1. The third kappa shape index (κ3) is 3.52. The molecule has 0 aliphatic carbocycles. The monoisotopic (exact) mass is 304 g/mol. The van der Waals surface area contributed by atoms with Crippen molar-refractivity contribution in [2.45, 2.75) is 23.7 Å². The maximum Gasteiger partial charge on any atom is 0.176 e. The Balaban J connectivity index is 2.30. The van der Waals surface area contributed by atoms with Crippen LogP contribution in [0, 0.1) is 11.3 Å². The van der Waals surface area contributed by atoms with Gasteiger partial charge in [0.05, 0.1) is 10.5 Å². The van der Waals surface area contributed by atoms with Gasteiger partial charge in [0.2, 0.25) is 0 Å². The summed E-state index contributed by atoms with van der Waals surface area (Å²) in [5.41, 5.74) is 1.20. The van der Waals surface area contributed by atoms with Crippen molar-refractivity contribution in [3.05, 3.63) is 42.0 Å². The normalized spacial score (nSPS) is 17.3. The van der Waals surface area contributed by atoms with Gasteiger partial charge < -0.3 is 0 Å². The van der Waals surface area contributed by atoms with E-state index in [0.29, 0.717) is 5.56 Å². The van der Waals surface area contributed by atoms with Crippen molar-refractivity contribution in [2.24, 2.45) is 0 Å². The highest BCUT2D eigenvalue weighted by Gasteiger charge is 2.25. The molecule has 2 rings (SSSR count). The summed E-state index contributed by atoms with van der Waals surface area (Å²) in [4.78, 5) is 2.46. The van der Waals surface area contributed by atoms with E-state index in [1.165, 1.54) is 6.07 Å². The first kappa shape index (κ1) is 15.7. The fourth-order valence-corrected chi connectivity index (χ4v) is 3.79. The van der Waals surface area contributed by atoms with Gasteiger partial charge in [-0.3, -0.25) is 4.90 Å². The molecular formula is C16H20N2O2S.